The molecule has 1 aliphatic heterocycles. The zero-order valence-corrected chi connectivity index (χ0v) is 23.5. The summed E-state index contributed by atoms with van der Waals surface area (Å²) in [5, 5.41) is 4.39. The Hall–Kier alpha value is -4.76. The molecule has 13 nitrogen and oxygen atoms in total. The quantitative estimate of drug-likeness (QED) is 0.259. The van der Waals surface area contributed by atoms with Crippen LogP contribution in [0, 0.1) is 5.82 Å². The Bertz CT molecular complexity index is 1850. The third-order valence-corrected chi connectivity index (χ3v) is 7.97. The van der Waals surface area contributed by atoms with Crippen LogP contribution in [0.4, 0.5) is 16.0 Å². The van der Waals surface area contributed by atoms with Crippen molar-refractivity contribution in [3.05, 3.63) is 57.7 Å². The summed E-state index contributed by atoms with van der Waals surface area (Å²) < 4.78 is 28.9. The van der Waals surface area contributed by atoms with Crippen molar-refractivity contribution in [3.8, 4) is 17.3 Å². The number of ether oxygens (including phenoxy) is 1. The van der Waals surface area contributed by atoms with Crippen LogP contribution in [0.3, 0.4) is 0 Å². The maximum Gasteiger partial charge on any atom is 0.309 e. The molecule has 0 radical (unpaired) electrons. The van der Waals surface area contributed by atoms with Gasteiger partial charge in [-0.15, -0.1) is 5.10 Å². The number of hydrogen-bond donors (Lipinski definition) is 2. The Balaban J connectivity index is 1.17. The lowest BCUT2D eigenvalue weighted by Crippen LogP contribution is -2.47. The van der Waals surface area contributed by atoms with Gasteiger partial charge in [0.1, 0.15) is 4.70 Å². The highest BCUT2D eigenvalue weighted by Crippen LogP contribution is 2.31. The lowest BCUT2D eigenvalue weighted by molar-refractivity contribution is -0.120. The van der Waals surface area contributed by atoms with Gasteiger partial charge in [-0.25, -0.2) is 9.37 Å². The van der Waals surface area contributed by atoms with Gasteiger partial charge in [0.05, 0.1) is 6.26 Å². The molecule has 0 spiro atoms. The number of anilines is 2. The molecular formula is C27H28FN9O4S. The van der Waals surface area contributed by atoms with E-state index in [-0.39, 0.29) is 16.6 Å². The molecule has 218 valence electrons. The number of nitrogen functional groups attached to an aromatic ring is 1. The lowest BCUT2D eigenvalue weighted by Gasteiger charge is -2.37. The van der Waals surface area contributed by atoms with Crippen LogP contribution in [0.1, 0.15) is 12.5 Å². The Kier molecular flexibility index (Phi) is 7.34. The van der Waals surface area contributed by atoms with Crippen molar-refractivity contribution in [3.63, 3.8) is 0 Å². The predicted molar refractivity (Wildman–Crippen MR) is 157 cm³/mol. The van der Waals surface area contributed by atoms with Crippen molar-refractivity contribution in [2.75, 3.05) is 50.0 Å². The molecule has 6 rings (SSSR count). The second kappa shape index (κ2) is 11.3. The highest BCUT2D eigenvalue weighted by molar-refractivity contribution is 7.17. The number of amides is 1. The maximum absolute atomic E-state index is 14.6. The Morgan fingerprint density at radius 1 is 1.19 bits per heavy atom. The molecule has 5 heterocycles. The summed E-state index contributed by atoms with van der Waals surface area (Å²) in [5.41, 5.74) is 13.8. The van der Waals surface area contributed by atoms with Crippen LogP contribution in [-0.4, -0.2) is 74.3 Å². The van der Waals surface area contributed by atoms with Crippen molar-refractivity contribution >= 4 is 50.9 Å². The van der Waals surface area contributed by atoms with Gasteiger partial charge in [-0.3, -0.25) is 19.1 Å². The average molecular weight is 594 g/mol. The fraction of sp³-hybridized carbons (Fsp3) is 0.296. The smallest absolute Gasteiger partial charge is 0.309 e. The SMILES string of the molecule is C/C=C/c1cc(F)c(OCC(N)=O)cc1N1CCN(CCn2c(=O)sc3c2nc(N)n2nc(-c4ccco4)nc32)CC1. The number of carbonyl (C=O) groups excluding carboxylic acids is 1. The summed E-state index contributed by atoms with van der Waals surface area (Å²) in [5.74, 6) is -0.287. The number of carbonyl (C=O) groups is 1. The molecule has 0 bridgehead atoms. The van der Waals surface area contributed by atoms with Crippen molar-refractivity contribution in [2.24, 2.45) is 5.73 Å². The van der Waals surface area contributed by atoms with E-state index < -0.39 is 18.3 Å². The number of allylic oxidation sites excluding steroid dienone is 1. The highest BCUT2D eigenvalue weighted by Gasteiger charge is 2.23. The molecule has 0 aliphatic carbocycles. The number of rotatable bonds is 9. The molecule has 1 aliphatic rings. The zero-order valence-electron chi connectivity index (χ0n) is 22.7. The van der Waals surface area contributed by atoms with Gasteiger partial charge < -0.3 is 25.5 Å². The van der Waals surface area contributed by atoms with Gasteiger partial charge in [0, 0.05) is 56.6 Å². The number of thiazole rings is 1. The number of fused-ring (bicyclic) bond motifs is 3. The van der Waals surface area contributed by atoms with E-state index in [0.717, 1.165) is 30.1 Å². The van der Waals surface area contributed by atoms with Crippen LogP contribution >= 0.6 is 11.3 Å². The van der Waals surface area contributed by atoms with E-state index >= 15 is 0 Å². The Morgan fingerprint density at radius 2 is 2.00 bits per heavy atom. The van der Waals surface area contributed by atoms with Gasteiger partial charge in [0.25, 0.3) is 5.91 Å². The number of nitrogens with two attached hydrogens (primary N) is 2. The molecule has 1 saturated heterocycles. The monoisotopic (exact) mass is 593 g/mol. The van der Waals surface area contributed by atoms with Gasteiger partial charge in [-0.1, -0.05) is 23.5 Å². The van der Waals surface area contributed by atoms with Crippen LogP contribution in [-0.2, 0) is 11.3 Å². The second-order valence-corrected chi connectivity index (χ2v) is 10.7. The molecule has 1 amide bonds. The Morgan fingerprint density at radius 3 is 2.71 bits per heavy atom. The number of hydrogen-bond acceptors (Lipinski definition) is 11. The van der Waals surface area contributed by atoms with Crippen LogP contribution < -0.4 is 26.0 Å². The predicted octanol–water partition coefficient (Wildman–Crippen LogP) is 2.20. The summed E-state index contributed by atoms with van der Waals surface area (Å²) in [6.07, 6.45) is 5.21. The summed E-state index contributed by atoms with van der Waals surface area (Å²) >= 11 is 1.06. The molecule has 15 heteroatoms. The summed E-state index contributed by atoms with van der Waals surface area (Å²) in [6, 6.07) is 6.50. The Labute approximate surface area is 242 Å². The maximum atomic E-state index is 14.6. The van der Waals surface area contributed by atoms with E-state index in [1.54, 1.807) is 22.8 Å². The van der Waals surface area contributed by atoms with Crippen LogP contribution in [0.15, 0.2) is 45.8 Å². The third-order valence-electron chi connectivity index (χ3n) is 7.01. The van der Waals surface area contributed by atoms with Crippen LogP contribution in [0.5, 0.6) is 5.75 Å². The molecule has 0 saturated carbocycles. The topological polar surface area (TPSA) is 163 Å². The molecule has 1 fully saturated rings. The van der Waals surface area contributed by atoms with Gasteiger partial charge >= 0.3 is 4.87 Å². The number of aromatic nitrogens is 5. The van der Waals surface area contributed by atoms with E-state index in [1.165, 1.54) is 16.8 Å². The van der Waals surface area contributed by atoms with E-state index in [9.17, 15) is 14.0 Å². The first-order chi connectivity index (χ1) is 20.3. The minimum atomic E-state index is -0.679. The van der Waals surface area contributed by atoms with E-state index in [1.807, 2.05) is 19.1 Å². The average Bonchev–Trinajstić information content (AvgIpc) is 3.72. The summed E-state index contributed by atoms with van der Waals surface area (Å²) in [4.78, 5) is 37.4. The molecule has 42 heavy (non-hydrogen) atoms. The number of primary amides is 1. The molecule has 4 aromatic heterocycles. The zero-order chi connectivity index (χ0) is 29.4. The fourth-order valence-corrected chi connectivity index (χ4v) is 5.93. The van der Waals surface area contributed by atoms with E-state index in [0.29, 0.717) is 59.3 Å². The number of halogens is 1. The first kappa shape index (κ1) is 27.4. The fourth-order valence-electron chi connectivity index (χ4n) is 4.99. The minimum Gasteiger partial charge on any atom is -0.481 e. The van der Waals surface area contributed by atoms with Crippen molar-refractivity contribution in [2.45, 2.75) is 13.5 Å². The van der Waals surface area contributed by atoms with Gasteiger partial charge in [0.2, 0.25) is 11.8 Å². The molecular weight excluding hydrogens is 565 g/mol. The molecule has 4 N–H and O–H groups in total. The summed E-state index contributed by atoms with van der Waals surface area (Å²) in [6.45, 7) is 5.28. The number of benzene rings is 1. The molecule has 0 unspecified atom stereocenters. The van der Waals surface area contributed by atoms with Crippen LogP contribution in [0.25, 0.3) is 33.7 Å². The standard InChI is InChI=1S/C27H28FN9O4S/c1-2-4-16-13-17(28)20(41-15-21(29)38)14-18(16)35-9-6-34(7-10-35)8-11-36-24-22(42-27(36)39)25-31-23(19-5-3-12-40-19)33-37(25)26(30)32-24/h2-5,12-14H,6-11,15H2,1H3,(H2,29,38)(H2,30,32)/b4-2+. The van der Waals surface area contributed by atoms with Crippen molar-refractivity contribution in [1.82, 2.24) is 29.0 Å². The third kappa shape index (κ3) is 5.19. The second-order valence-electron chi connectivity index (χ2n) is 9.72. The van der Waals surface area contributed by atoms with Gasteiger partial charge in [-0.2, -0.15) is 9.50 Å². The minimum absolute atomic E-state index is 0.0203. The summed E-state index contributed by atoms with van der Waals surface area (Å²) in [7, 11) is 0. The first-order valence-electron chi connectivity index (χ1n) is 13.3. The number of piperazine rings is 1. The van der Waals surface area contributed by atoms with Crippen LogP contribution in [0.2, 0.25) is 0 Å². The van der Waals surface area contributed by atoms with E-state index in [2.05, 4.69) is 24.9 Å². The van der Waals surface area contributed by atoms with Crippen molar-refractivity contribution < 1.29 is 18.3 Å². The van der Waals surface area contributed by atoms with Crippen molar-refractivity contribution in [1.29, 1.82) is 0 Å². The molecule has 1 aromatic carbocycles. The lowest BCUT2D eigenvalue weighted by atomic mass is 10.1. The van der Waals surface area contributed by atoms with Gasteiger partial charge in [-0.05, 0) is 25.1 Å². The molecule has 0 atom stereocenters. The number of nitrogens with zero attached hydrogens (tertiary/aromatic N) is 7. The first-order valence-corrected chi connectivity index (χ1v) is 14.1. The largest absolute Gasteiger partial charge is 0.481 e. The van der Waals surface area contributed by atoms with E-state index in [4.69, 9.17) is 20.6 Å². The van der Waals surface area contributed by atoms with Gasteiger partial charge in [0.15, 0.2) is 35.2 Å². The molecule has 5 aromatic rings. The number of furan rings is 1. The highest BCUT2D eigenvalue weighted by atomic mass is 32.1. The normalized spacial score (nSPS) is 14.5.